The summed E-state index contributed by atoms with van der Waals surface area (Å²) < 4.78 is 33.2. The molecule has 0 radical (unpaired) electrons. The Morgan fingerprint density at radius 2 is 1.58 bits per heavy atom. The molecule has 2 aliphatic heterocycles. The van der Waals surface area contributed by atoms with Crippen molar-refractivity contribution in [3.8, 4) is 0 Å². The van der Waals surface area contributed by atoms with Crippen molar-refractivity contribution in [3.05, 3.63) is 0 Å². The van der Waals surface area contributed by atoms with Gasteiger partial charge in [0, 0.05) is 37.8 Å². The third-order valence-electron chi connectivity index (χ3n) is 7.58. The molecule has 2 spiro atoms. The summed E-state index contributed by atoms with van der Waals surface area (Å²) in [5.74, 6) is 1.53. The highest BCUT2D eigenvalue weighted by molar-refractivity contribution is 7.89. The minimum absolute atomic E-state index is 0.242. The molecule has 4 aliphatic carbocycles. The predicted octanol–water partition coefficient (Wildman–Crippen LogP) is 3.04. The number of hydrogen-bond acceptors (Lipinski definition) is 5. The Hall–Kier alpha value is -0.210. The molecule has 2 heterocycles. The summed E-state index contributed by atoms with van der Waals surface area (Å²) in [7, 11) is -3.16. The fourth-order valence-electron chi connectivity index (χ4n) is 6.36. The second-order valence-electron chi connectivity index (χ2n) is 9.27. The summed E-state index contributed by atoms with van der Waals surface area (Å²) in [6, 6.07) is 0. The lowest BCUT2D eigenvalue weighted by molar-refractivity contribution is -0.390. The zero-order valence-electron chi connectivity index (χ0n) is 15.7. The van der Waals surface area contributed by atoms with Gasteiger partial charge in [-0.3, -0.25) is 0 Å². The molecule has 0 aromatic rings. The van der Waals surface area contributed by atoms with Gasteiger partial charge in [-0.1, -0.05) is 13.3 Å². The third kappa shape index (κ3) is 2.69. The summed E-state index contributed by atoms with van der Waals surface area (Å²) >= 11 is 0. The average Bonchev–Trinajstić information content (AvgIpc) is 2.98. The van der Waals surface area contributed by atoms with Gasteiger partial charge in [-0.05, 0) is 50.4 Å². The highest BCUT2D eigenvalue weighted by atomic mass is 32.2. The number of hydrogen-bond donors (Lipinski definition) is 0. The van der Waals surface area contributed by atoms with Crippen molar-refractivity contribution in [3.63, 3.8) is 0 Å². The van der Waals surface area contributed by atoms with Gasteiger partial charge < -0.3 is 4.74 Å². The fraction of sp³-hybridized carbons (Fsp3) is 1.00. The minimum atomic E-state index is -3.16. The molecule has 6 aliphatic rings. The summed E-state index contributed by atoms with van der Waals surface area (Å²) in [5.41, 5.74) is 0. The monoisotopic (exact) mass is 385 g/mol. The first-order valence-electron chi connectivity index (χ1n) is 10.5. The van der Waals surface area contributed by atoms with Gasteiger partial charge in [0.25, 0.3) is 0 Å². The van der Waals surface area contributed by atoms with Gasteiger partial charge in [0.15, 0.2) is 0 Å². The molecule has 0 N–H and O–H groups in total. The Balaban J connectivity index is 1.27. The Bertz CT molecular complexity index is 627. The van der Waals surface area contributed by atoms with E-state index in [1.54, 1.807) is 4.31 Å². The van der Waals surface area contributed by atoms with Crippen LogP contribution in [0.5, 0.6) is 0 Å². The maximum Gasteiger partial charge on any atom is 0.214 e. The summed E-state index contributed by atoms with van der Waals surface area (Å²) in [4.78, 5) is 11.9. The van der Waals surface area contributed by atoms with E-state index in [1.165, 1.54) is 32.1 Å². The van der Waals surface area contributed by atoms with Crippen LogP contribution >= 0.6 is 0 Å². The number of unbranched alkanes of at least 4 members (excludes halogenated alkanes) is 1. The Morgan fingerprint density at radius 1 is 0.962 bits per heavy atom. The van der Waals surface area contributed by atoms with E-state index in [1.807, 2.05) is 6.92 Å². The predicted molar refractivity (Wildman–Crippen MR) is 95.3 cm³/mol. The number of piperidine rings is 1. The van der Waals surface area contributed by atoms with Crippen LogP contribution in [0.4, 0.5) is 0 Å². The van der Waals surface area contributed by atoms with E-state index in [0.29, 0.717) is 37.8 Å². The Morgan fingerprint density at radius 3 is 2.15 bits per heavy atom. The maximum atomic E-state index is 12.5. The first-order chi connectivity index (χ1) is 12.4. The Labute approximate surface area is 156 Å². The third-order valence-corrected chi connectivity index (χ3v) is 9.54. The van der Waals surface area contributed by atoms with Gasteiger partial charge in [-0.25, -0.2) is 12.7 Å². The molecule has 0 amide bonds. The summed E-state index contributed by atoms with van der Waals surface area (Å²) in [5, 5.41) is 0. The van der Waals surface area contributed by atoms with E-state index in [0.717, 1.165) is 24.7 Å². The van der Waals surface area contributed by atoms with Crippen LogP contribution in [-0.2, 0) is 24.5 Å². The zero-order chi connectivity index (χ0) is 18.0. The lowest BCUT2D eigenvalue weighted by atomic mass is 9.53. The second kappa shape index (κ2) is 6.14. The molecule has 0 aromatic carbocycles. The van der Waals surface area contributed by atoms with Gasteiger partial charge in [-0.15, -0.1) is 0 Å². The lowest BCUT2D eigenvalue weighted by Crippen LogP contribution is -2.59. The van der Waals surface area contributed by atoms with Crippen LogP contribution in [0.25, 0.3) is 0 Å². The average molecular weight is 386 g/mol. The topological polar surface area (TPSA) is 65.1 Å². The van der Waals surface area contributed by atoms with Crippen LogP contribution in [0.15, 0.2) is 0 Å². The van der Waals surface area contributed by atoms with Crippen LogP contribution in [0.1, 0.15) is 64.7 Å². The molecule has 6 nitrogen and oxygen atoms in total. The molecule has 26 heavy (non-hydrogen) atoms. The highest BCUT2D eigenvalue weighted by Gasteiger charge is 2.66. The maximum absolute atomic E-state index is 12.5. The molecule has 7 heteroatoms. The van der Waals surface area contributed by atoms with E-state index in [-0.39, 0.29) is 5.75 Å². The van der Waals surface area contributed by atoms with E-state index in [9.17, 15) is 8.42 Å². The van der Waals surface area contributed by atoms with Crippen LogP contribution in [0.3, 0.4) is 0 Å². The molecule has 2 saturated heterocycles. The van der Waals surface area contributed by atoms with Gasteiger partial charge in [0.05, 0.1) is 5.75 Å². The second-order valence-corrected chi connectivity index (χ2v) is 11.4. The van der Waals surface area contributed by atoms with E-state index >= 15 is 0 Å². The molecule has 4 bridgehead atoms. The largest absolute Gasteiger partial charge is 0.312 e. The number of nitrogens with zero attached hydrogens (tertiary/aromatic N) is 1. The van der Waals surface area contributed by atoms with Crippen molar-refractivity contribution in [1.29, 1.82) is 0 Å². The normalized spacial score (nSPS) is 44.3. The van der Waals surface area contributed by atoms with Crippen molar-refractivity contribution in [2.24, 2.45) is 23.7 Å². The van der Waals surface area contributed by atoms with Crippen molar-refractivity contribution in [1.82, 2.24) is 4.31 Å². The van der Waals surface area contributed by atoms with Crippen LogP contribution in [0, 0.1) is 23.7 Å². The fourth-order valence-corrected chi connectivity index (χ4v) is 8.01. The molecule has 0 unspecified atom stereocenters. The van der Waals surface area contributed by atoms with Gasteiger partial charge in [0.2, 0.25) is 21.6 Å². The highest BCUT2D eigenvalue weighted by Crippen LogP contribution is 2.63. The summed E-state index contributed by atoms with van der Waals surface area (Å²) in [6.07, 6.45) is 8.92. The number of sulfonamides is 1. The van der Waals surface area contributed by atoms with Crippen molar-refractivity contribution < 1.29 is 22.9 Å². The standard InChI is InChI=1S/C19H31NO5S/c1-2-3-8-26(21,22)20-6-4-18(5-7-20)23-19(25-24-18)16-10-14-9-15(12-16)13-17(19)11-14/h14-17H,2-13H2,1H3. The first-order valence-corrected chi connectivity index (χ1v) is 12.1. The SMILES string of the molecule is CCCCS(=O)(=O)N1CCC2(CC1)OOC1(O2)C2CC3CC(C2)CC1C3. The Kier molecular flexibility index (Phi) is 4.22. The molecule has 4 saturated carbocycles. The molecular formula is C19H31NO5S. The van der Waals surface area contributed by atoms with Gasteiger partial charge >= 0.3 is 0 Å². The van der Waals surface area contributed by atoms with Crippen molar-refractivity contribution in [2.45, 2.75) is 76.3 Å². The number of rotatable bonds is 4. The molecular weight excluding hydrogens is 354 g/mol. The lowest BCUT2D eigenvalue weighted by Gasteiger charge is -2.57. The van der Waals surface area contributed by atoms with Crippen molar-refractivity contribution >= 4 is 10.0 Å². The van der Waals surface area contributed by atoms with E-state index in [2.05, 4.69) is 0 Å². The van der Waals surface area contributed by atoms with E-state index in [4.69, 9.17) is 14.5 Å². The van der Waals surface area contributed by atoms with Crippen LogP contribution < -0.4 is 0 Å². The van der Waals surface area contributed by atoms with Crippen LogP contribution in [0.2, 0.25) is 0 Å². The van der Waals surface area contributed by atoms with Gasteiger partial charge in [-0.2, -0.15) is 9.78 Å². The molecule has 0 aromatic heterocycles. The van der Waals surface area contributed by atoms with Crippen LogP contribution in [-0.4, -0.2) is 43.1 Å². The molecule has 0 atom stereocenters. The molecule has 148 valence electrons. The molecule has 6 fully saturated rings. The van der Waals surface area contributed by atoms with E-state index < -0.39 is 21.6 Å². The minimum Gasteiger partial charge on any atom is -0.312 e. The zero-order valence-corrected chi connectivity index (χ0v) is 16.5. The van der Waals surface area contributed by atoms with Crippen molar-refractivity contribution in [2.75, 3.05) is 18.8 Å². The smallest absolute Gasteiger partial charge is 0.214 e. The molecule has 6 rings (SSSR count). The number of ether oxygens (including phenoxy) is 1. The quantitative estimate of drug-likeness (QED) is 0.696. The summed E-state index contributed by atoms with van der Waals surface area (Å²) in [6.45, 7) is 2.95. The van der Waals surface area contributed by atoms with Gasteiger partial charge in [0.1, 0.15) is 0 Å². The first kappa shape index (κ1) is 17.9.